The quantitative estimate of drug-likeness (QED) is 0.541. The van der Waals surface area contributed by atoms with Crippen LogP contribution in [0.4, 0.5) is 13.2 Å². The summed E-state index contributed by atoms with van der Waals surface area (Å²) in [5, 5.41) is 3.46. The molecule has 0 aliphatic heterocycles. The first kappa shape index (κ1) is 20.3. The Bertz CT molecular complexity index is 881. The molecule has 142 valence electrons. The highest BCUT2D eigenvalue weighted by atomic mass is 35.5. The van der Waals surface area contributed by atoms with Crippen LogP contribution in [0.1, 0.15) is 19.4 Å². The molecule has 0 saturated heterocycles. The van der Waals surface area contributed by atoms with Crippen molar-refractivity contribution in [1.29, 1.82) is 0 Å². The molecule has 0 aliphatic rings. The Hall–Kier alpha value is -2.00. The lowest BCUT2D eigenvalue weighted by Gasteiger charge is -2.23. The fraction of sp³-hybridized carbons (Fsp3) is 0.400. The highest BCUT2D eigenvalue weighted by Crippen LogP contribution is 2.38. The van der Waals surface area contributed by atoms with Crippen LogP contribution in [0.25, 0.3) is 5.69 Å². The van der Waals surface area contributed by atoms with Crippen molar-refractivity contribution in [1.82, 2.24) is 14.3 Å². The van der Waals surface area contributed by atoms with Crippen LogP contribution < -0.4 is 5.69 Å². The number of esters is 1. The molecule has 11 heteroatoms. The molecule has 2 aromatic rings. The van der Waals surface area contributed by atoms with E-state index in [0.717, 1.165) is 12.4 Å². The summed E-state index contributed by atoms with van der Waals surface area (Å²) in [5.41, 5.74) is -1.78. The van der Waals surface area contributed by atoms with Gasteiger partial charge in [0.05, 0.1) is 13.2 Å². The number of carbonyl (C=O) groups excluding carboxylic acids is 1. The van der Waals surface area contributed by atoms with E-state index < -0.39 is 46.6 Å². The zero-order chi connectivity index (χ0) is 19.6. The molecule has 0 spiro atoms. The zero-order valence-electron chi connectivity index (χ0n) is 13.7. The molecule has 1 atom stereocenters. The Morgan fingerprint density at radius 1 is 1.42 bits per heavy atom. The first-order chi connectivity index (χ1) is 12.1. The molecule has 0 aliphatic carbocycles. The summed E-state index contributed by atoms with van der Waals surface area (Å²) in [4.78, 5) is 22.2. The molecule has 0 bridgehead atoms. The minimum Gasteiger partial charge on any atom is -0.464 e. The standard InChI is InChI=1S/C15H14Cl2F3N3O3/c1-3-26-13(24)15(2,17)11-8(16)4-5-9(12(11)20)23-14(25)22(7-21-23)6-10(18)19/h4-5,7,10H,3,6H2,1-2H3. The van der Waals surface area contributed by atoms with Crippen molar-refractivity contribution in [2.24, 2.45) is 0 Å². The van der Waals surface area contributed by atoms with E-state index >= 15 is 4.39 Å². The first-order valence-electron chi connectivity index (χ1n) is 7.38. The number of rotatable bonds is 6. The fourth-order valence-electron chi connectivity index (χ4n) is 2.28. The smallest absolute Gasteiger partial charge is 0.350 e. The van der Waals surface area contributed by atoms with Gasteiger partial charge in [0.15, 0.2) is 10.7 Å². The molecule has 0 saturated carbocycles. The molecular formula is C15H14Cl2F3N3O3. The van der Waals surface area contributed by atoms with Crippen LogP contribution in [0.3, 0.4) is 0 Å². The third kappa shape index (κ3) is 3.73. The topological polar surface area (TPSA) is 66.1 Å². The van der Waals surface area contributed by atoms with E-state index in [1.807, 2.05) is 0 Å². The van der Waals surface area contributed by atoms with E-state index in [4.69, 9.17) is 27.9 Å². The van der Waals surface area contributed by atoms with Crippen molar-refractivity contribution in [3.05, 3.63) is 45.3 Å². The predicted octanol–water partition coefficient (Wildman–Crippen LogP) is 3.11. The number of aromatic nitrogens is 3. The van der Waals surface area contributed by atoms with Crippen LogP contribution in [-0.4, -0.2) is 33.3 Å². The summed E-state index contributed by atoms with van der Waals surface area (Å²) in [6, 6.07) is 2.34. The van der Waals surface area contributed by atoms with Gasteiger partial charge < -0.3 is 4.74 Å². The molecule has 1 aromatic carbocycles. The van der Waals surface area contributed by atoms with E-state index in [2.05, 4.69) is 5.10 Å². The molecular weight excluding hydrogens is 398 g/mol. The van der Waals surface area contributed by atoms with Crippen LogP contribution >= 0.6 is 23.2 Å². The summed E-state index contributed by atoms with van der Waals surface area (Å²) in [6.07, 6.45) is -1.93. The molecule has 0 radical (unpaired) electrons. The SMILES string of the molecule is CCOC(=O)C(C)(Cl)c1c(Cl)ccc(-n2ncn(CC(F)F)c2=O)c1F. The minimum absolute atomic E-state index is 0.0115. The summed E-state index contributed by atoms with van der Waals surface area (Å²) < 4.78 is 46.0. The normalized spacial score (nSPS) is 13.7. The molecule has 0 fully saturated rings. The van der Waals surface area contributed by atoms with E-state index in [1.54, 1.807) is 6.92 Å². The van der Waals surface area contributed by atoms with Crippen molar-refractivity contribution >= 4 is 29.2 Å². The molecule has 6 nitrogen and oxygen atoms in total. The van der Waals surface area contributed by atoms with Gasteiger partial charge in [-0.05, 0) is 26.0 Å². The van der Waals surface area contributed by atoms with Crippen LogP contribution in [-0.2, 0) is 21.0 Å². The highest BCUT2D eigenvalue weighted by Gasteiger charge is 2.40. The number of nitrogens with zero attached hydrogens (tertiary/aromatic N) is 3. The number of carbonyl (C=O) groups is 1. The maximum absolute atomic E-state index is 15.0. The fourth-order valence-corrected chi connectivity index (χ4v) is 2.90. The molecule has 26 heavy (non-hydrogen) atoms. The maximum Gasteiger partial charge on any atom is 0.350 e. The Kier molecular flexibility index (Phi) is 6.02. The third-order valence-electron chi connectivity index (χ3n) is 3.50. The van der Waals surface area contributed by atoms with E-state index in [1.165, 1.54) is 13.0 Å². The van der Waals surface area contributed by atoms with Gasteiger partial charge in [-0.25, -0.2) is 22.8 Å². The Balaban J connectivity index is 2.60. The number of hydrogen-bond acceptors (Lipinski definition) is 4. The summed E-state index contributed by atoms with van der Waals surface area (Å²) >= 11 is 12.2. The molecule has 1 unspecified atom stereocenters. The van der Waals surface area contributed by atoms with E-state index in [0.29, 0.717) is 9.25 Å². The van der Waals surface area contributed by atoms with Gasteiger partial charge in [-0.3, -0.25) is 4.57 Å². The summed E-state index contributed by atoms with van der Waals surface area (Å²) in [5.74, 6) is -2.03. The number of halogens is 5. The van der Waals surface area contributed by atoms with Crippen molar-refractivity contribution in [3.8, 4) is 5.69 Å². The van der Waals surface area contributed by atoms with E-state index in [-0.39, 0.29) is 11.6 Å². The van der Waals surface area contributed by atoms with Gasteiger partial charge >= 0.3 is 11.7 Å². The zero-order valence-corrected chi connectivity index (χ0v) is 15.2. The first-order valence-corrected chi connectivity index (χ1v) is 8.14. The summed E-state index contributed by atoms with van der Waals surface area (Å²) in [7, 11) is 0. The van der Waals surface area contributed by atoms with Crippen LogP contribution in [0, 0.1) is 5.82 Å². The maximum atomic E-state index is 15.0. The molecule has 1 heterocycles. The van der Waals surface area contributed by atoms with Crippen molar-refractivity contribution in [3.63, 3.8) is 0 Å². The Labute approximate surface area is 156 Å². The predicted molar refractivity (Wildman–Crippen MR) is 88.6 cm³/mol. The molecule has 1 aromatic heterocycles. The van der Waals surface area contributed by atoms with Gasteiger partial charge in [0.25, 0.3) is 6.43 Å². The van der Waals surface area contributed by atoms with Gasteiger partial charge in [0.2, 0.25) is 0 Å². The second kappa shape index (κ2) is 7.71. The molecule has 0 N–H and O–H groups in total. The number of alkyl halides is 3. The van der Waals surface area contributed by atoms with Crippen molar-refractivity contribution < 1.29 is 22.7 Å². The van der Waals surface area contributed by atoms with Crippen molar-refractivity contribution in [2.75, 3.05) is 6.61 Å². The Morgan fingerprint density at radius 3 is 2.65 bits per heavy atom. The average molecular weight is 412 g/mol. The molecule has 0 amide bonds. The van der Waals surface area contributed by atoms with Gasteiger partial charge in [-0.15, -0.1) is 11.6 Å². The second-order valence-electron chi connectivity index (χ2n) is 5.35. The number of ether oxygens (including phenoxy) is 1. The number of hydrogen-bond donors (Lipinski definition) is 0. The van der Waals surface area contributed by atoms with Crippen LogP contribution in [0.15, 0.2) is 23.3 Å². The lowest BCUT2D eigenvalue weighted by Crippen LogP contribution is -2.31. The monoisotopic (exact) mass is 411 g/mol. The van der Waals surface area contributed by atoms with Gasteiger partial charge in [-0.2, -0.15) is 9.78 Å². The lowest BCUT2D eigenvalue weighted by atomic mass is 9.98. The van der Waals surface area contributed by atoms with Crippen LogP contribution in [0.5, 0.6) is 0 Å². The largest absolute Gasteiger partial charge is 0.464 e. The second-order valence-corrected chi connectivity index (χ2v) is 6.51. The van der Waals surface area contributed by atoms with Gasteiger partial charge in [-0.1, -0.05) is 11.6 Å². The van der Waals surface area contributed by atoms with Crippen molar-refractivity contribution in [2.45, 2.75) is 31.7 Å². The van der Waals surface area contributed by atoms with Gasteiger partial charge in [0, 0.05) is 10.6 Å². The third-order valence-corrected chi connectivity index (χ3v) is 4.15. The highest BCUT2D eigenvalue weighted by molar-refractivity contribution is 6.37. The van der Waals surface area contributed by atoms with Gasteiger partial charge in [0.1, 0.15) is 12.0 Å². The lowest BCUT2D eigenvalue weighted by molar-refractivity contribution is -0.146. The molecule has 2 rings (SSSR count). The average Bonchev–Trinajstić information content (AvgIpc) is 2.88. The minimum atomic E-state index is -2.79. The Morgan fingerprint density at radius 2 is 2.08 bits per heavy atom. The van der Waals surface area contributed by atoms with Crippen LogP contribution in [0.2, 0.25) is 5.02 Å². The number of benzene rings is 1. The summed E-state index contributed by atoms with van der Waals surface area (Å²) in [6.45, 7) is 1.86. The van der Waals surface area contributed by atoms with E-state index in [9.17, 15) is 18.4 Å².